The van der Waals surface area contributed by atoms with Gasteiger partial charge in [-0.2, -0.15) is 0 Å². The summed E-state index contributed by atoms with van der Waals surface area (Å²) in [6.45, 7) is 5.38. The zero-order valence-electron chi connectivity index (χ0n) is 26.8. The molecule has 39 heavy (non-hydrogen) atoms. The largest absolute Gasteiger partial charge is 0.498 e. The Morgan fingerprint density at radius 3 is 1.23 bits per heavy atom. The molecule has 3 heteroatoms. The Hall–Kier alpha value is -0.990. The first-order chi connectivity index (χ1) is 19.3. The van der Waals surface area contributed by atoms with Crippen LogP contribution < -0.4 is 0 Å². The van der Waals surface area contributed by atoms with Gasteiger partial charge in [-0.15, -0.1) is 0 Å². The van der Waals surface area contributed by atoms with Crippen LogP contribution in [0, 0.1) is 0 Å². The molecule has 0 aromatic heterocycles. The quantitative estimate of drug-likeness (QED) is 0.0463. The lowest BCUT2D eigenvalue weighted by atomic mass is 10.0. The van der Waals surface area contributed by atoms with Crippen molar-refractivity contribution in [2.75, 3.05) is 13.2 Å². The van der Waals surface area contributed by atoms with Crippen LogP contribution >= 0.6 is 0 Å². The highest BCUT2D eigenvalue weighted by atomic mass is 16.6. The van der Waals surface area contributed by atoms with Crippen LogP contribution in [0.25, 0.3) is 0 Å². The maximum absolute atomic E-state index is 11.8. The first-order valence-electron chi connectivity index (χ1n) is 17.7. The van der Waals surface area contributed by atoms with E-state index in [1.54, 1.807) is 6.26 Å². The molecule has 232 valence electrons. The van der Waals surface area contributed by atoms with Crippen LogP contribution in [-0.2, 0) is 14.3 Å². The van der Waals surface area contributed by atoms with Crippen molar-refractivity contribution in [1.29, 1.82) is 0 Å². The molecule has 0 saturated heterocycles. The molecule has 0 aromatic rings. The normalized spacial score (nSPS) is 11.4. The fourth-order valence-corrected chi connectivity index (χ4v) is 5.22. The van der Waals surface area contributed by atoms with Gasteiger partial charge in [0.1, 0.15) is 13.2 Å². The van der Waals surface area contributed by atoms with Gasteiger partial charge in [-0.1, -0.05) is 174 Å². The smallest absolute Gasteiger partial charge is 0.305 e. The predicted octanol–water partition coefficient (Wildman–Crippen LogP) is 12.4. The SMILES string of the molecule is CCCCCCCCCCCCCCCC/C=C/OCCOC(=O)CCCCCCCCCCCCCCC. The Bertz CT molecular complexity index is 488. The molecule has 0 fully saturated rings. The Morgan fingerprint density at radius 1 is 0.462 bits per heavy atom. The molecule has 3 nitrogen and oxygen atoms in total. The summed E-state index contributed by atoms with van der Waals surface area (Å²) in [4.78, 5) is 11.8. The summed E-state index contributed by atoms with van der Waals surface area (Å²) < 4.78 is 10.8. The van der Waals surface area contributed by atoms with E-state index >= 15 is 0 Å². The number of carbonyl (C=O) groups excluding carboxylic acids is 1. The van der Waals surface area contributed by atoms with Gasteiger partial charge in [0.2, 0.25) is 0 Å². The number of rotatable bonds is 33. The van der Waals surface area contributed by atoms with Gasteiger partial charge >= 0.3 is 5.97 Å². The van der Waals surface area contributed by atoms with Crippen LogP contribution in [0.1, 0.15) is 200 Å². The number of hydrogen-bond acceptors (Lipinski definition) is 3. The molecule has 0 aliphatic rings. The van der Waals surface area contributed by atoms with Gasteiger partial charge in [0.15, 0.2) is 0 Å². The molecule has 0 aromatic carbocycles. The molecule has 0 N–H and O–H groups in total. The Balaban J connectivity index is 3.20. The molecule has 0 spiro atoms. The maximum atomic E-state index is 11.8. The van der Waals surface area contributed by atoms with E-state index in [4.69, 9.17) is 9.47 Å². The molecular weight excluding hydrogens is 480 g/mol. The minimum atomic E-state index is -0.0759. The average molecular weight is 551 g/mol. The second-order valence-corrected chi connectivity index (χ2v) is 11.8. The van der Waals surface area contributed by atoms with Crippen molar-refractivity contribution in [3.05, 3.63) is 12.3 Å². The first-order valence-corrected chi connectivity index (χ1v) is 17.7. The third kappa shape index (κ3) is 35.0. The van der Waals surface area contributed by atoms with E-state index in [1.807, 2.05) is 0 Å². The molecule has 0 aliphatic heterocycles. The van der Waals surface area contributed by atoms with E-state index in [-0.39, 0.29) is 5.97 Å². The highest BCUT2D eigenvalue weighted by molar-refractivity contribution is 5.69. The molecule has 0 bridgehead atoms. The van der Waals surface area contributed by atoms with E-state index in [0.29, 0.717) is 19.6 Å². The highest BCUT2D eigenvalue weighted by Gasteiger charge is 2.02. The summed E-state index contributed by atoms with van der Waals surface area (Å²) >= 11 is 0. The van der Waals surface area contributed by atoms with Gasteiger partial charge in [0.25, 0.3) is 0 Å². The van der Waals surface area contributed by atoms with Crippen molar-refractivity contribution in [3.8, 4) is 0 Å². The van der Waals surface area contributed by atoms with Crippen LogP contribution in [0.4, 0.5) is 0 Å². The molecule has 0 heterocycles. The summed E-state index contributed by atoms with van der Waals surface area (Å²) in [5.74, 6) is -0.0759. The zero-order valence-corrected chi connectivity index (χ0v) is 26.8. The average Bonchev–Trinajstić information content (AvgIpc) is 2.94. The predicted molar refractivity (Wildman–Crippen MR) is 171 cm³/mol. The number of esters is 1. The molecule has 0 unspecified atom stereocenters. The van der Waals surface area contributed by atoms with E-state index in [2.05, 4.69) is 19.9 Å². The van der Waals surface area contributed by atoms with Gasteiger partial charge in [0.05, 0.1) is 6.26 Å². The summed E-state index contributed by atoms with van der Waals surface area (Å²) in [6.07, 6.45) is 42.3. The van der Waals surface area contributed by atoms with E-state index in [0.717, 1.165) is 19.3 Å². The van der Waals surface area contributed by atoms with Crippen LogP contribution in [0.3, 0.4) is 0 Å². The van der Waals surface area contributed by atoms with Crippen molar-refractivity contribution in [2.24, 2.45) is 0 Å². The van der Waals surface area contributed by atoms with E-state index in [1.165, 1.54) is 161 Å². The third-order valence-corrected chi connectivity index (χ3v) is 7.87. The summed E-state index contributed by atoms with van der Waals surface area (Å²) in [5, 5.41) is 0. The maximum Gasteiger partial charge on any atom is 0.305 e. The van der Waals surface area contributed by atoms with Crippen molar-refractivity contribution in [2.45, 2.75) is 200 Å². The Kier molecular flexibility index (Phi) is 34.1. The number of ether oxygens (including phenoxy) is 2. The van der Waals surface area contributed by atoms with Crippen LogP contribution in [-0.4, -0.2) is 19.2 Å². The number of allylic oxidation sites excluding steroid dienone is 1. The molecule has 0 amide bonds. The summed E-state index contributed by atoms with van der Waals surface area (Å²) in [5.41, 5.74) is 0. The molecular formula is C36H70O3. The highest BCUT2D eigenvalue weighted by Crippen LogP contribution is 2.14. The summed E-state index contributed by atoms with van der Waals surface area (Å²) in [7, 11) is 0. The first kappa shape index (κ1) is 38.0. The monoisotopic (exact) mass is 551 g/mol. The lowest BCUT2D eigenvalue weighted by molar-refractivity contribution is -0.144. The second-order valence-electron chi connectivity index (χ2n) is 11.8. The molecule has 0 atom stereocenters. The van der Waals surface area contributed by atoms with Gasteiger partial charge in [-0.3, -0.25) is 4.79 Å². The second kappa shape index (κ2) is 35.0. The third-order valence-electron chi connectivity index (χ3n) is 7.87. The zero-order chi connectivity index (χ0) is 28.3. The lowest BCUT2D eigenvalue weighted by Gasteiger charge is -2.05. The number of unbranched alkanes of at least 4 members (excludes halogenated alkanes) is 26. The van der Waals surface area contributed by atoms with Crippen molar-refractivity contribution < 1.29 is 14.3 Å². The van der Waals surface area contributed by atoms with E-state index < -0.39 is 0 Å². The molecule has 0 aliphatic carbocycles. The molecule has 0 radical (unpaired) electrons. The van der Waals surface area contributed by atoms with Crippen LogP contribution in [0.15, 0.2) is 12.3 Å². The van der Waals surface area contributed by atoms with Crippen LogP contribution in [0.5, 0.6) is 0 Å². The van der Waals surface area contributed by atoms with Gasteiger partial charge in [-0.25, -0.2) is 0 Å². The van der Waals surface area contributed by atoms with E-state index in [9.17, 15) is 4.79 Å². The van der Waals surface area contributed by atoms with Crippen molar-refractivity contribution >= 4 is 5.97 Å². The Labute approximate surface area is 245 Å². The fourth-order valence-electron chi connectivity index (χ4n) is 5.22. The standard InChI is InChI=1S/C36H70O3/c1-3-5-7-9-11-13-15-17-18-19-21-23-25-27-29-31-33-38-34-35-39-36(37)32-30-28-26-24-22-20-16-14-12-10-8-6-4-2/h31,33H,3-30,32,34-35H2,1-2H3/b33-31+. The Morgan fingerprint density at radius 2 is 0.821 bits per heavy atom. The topological polar surface area (TPSA) is 35.5 Å². The minimum absolute atomic E-state index is 0.0759. The summed E-state index contributed by atoms with van der Waals surface area (Å²) in [6, 6.07) is 0. The molecule has 0 rings (SSSR count). The molecule has 0 saturated carbocycles. The van der Waals surface area contributed by atoms with Crippen LogP contribution in [0.2, 0.25) is 0 Å². The fraction of sp³-hybridized carbons (Fsp3) is 0.917. The lowest BCUT2D eigenvalue weighted by Crippen LogP contribution is -2.09. The van der Waals surface area contributed by atoms with Gasteiger partial charge in [-0.05, 0) is 25.3 Å². The van der Waals surface area contributed by atoms with Gasteiger partial charge < -0.3 is 9.47 Å². The van der Waals surface area contributed by atoms with Gasteiger partial charge in [0, 0.05) is 6.42 Å². The van der Waals surface area contributed by atoms with Crippen molar-refractivity contribution in [3.63, 3.8) is 0 Å². The minimum Gasteiger partial charge on any atom is -0.498 e. The van der Waals surface area contributed by atoms with Crippen molar-refractivity contribution in [1.82, 2.24) is 0 Å². The number of carbonyl (C=O) groups is 1. The number of hydrogen-bond donors (Lipinski definition) is 0.